The fraction of sp³-hybridized carbons (Fsp3) is 0.538. The van der Waals surface area contributed by atoms with E-state index in [1.54, 1.807) is 4.90 Å². The second-order valence-electron chi connectivity index (χ2n) is 4.47. The Labute approximate surface area is 116 Å². The summed E-state index contributed by atoms with van der Waals surface area (Å²) in [6, 6.07) is 3.68. The summed E-state index contributed by atoms with van der Waals surface area (Å²) in [6.45, 7) is 3.44. The predicted octanol–water partition coefficient (Wildman–Crippen LogP) is 1.67. The maximum absolute atomic E-state index is 12.2. The summed E-state index contributed by atoms with van der Waals surface area (Å²) < 4.78 is 0. The number of hydrogen-bond acceptors (Lipinski definition) is 4. The molecule has 0 aliphatic carbocycles. The third-order valence-corrected chi connectivity index (χ3v) is 3.99. The molecule has 1 aromatic rings. The Balaban J connectivity index is 1.93. The minimum atomic E-state index is -0.177. The third-order valence-electron chi connectivity index (χ3n) is 3.13. The van der Waals surface area contributed by atoms with Gasteiger partial charge in [-0.15, -0.1) is 11.3 Å². The molecule has 0 radical (unpaired) electrons. The summed E-state index contributed by atoms with van der Waals surface area (Å²) in [6.07, 6.45) is 1.65. The lowest BCUT2D eigenvalue weighted by Gasteiger charge is -2.31. The van der Waals surface area contributed by atoms with Gasteiger partial charge in [0.15, 0.2) is 0 Å². The predicted molar refractivity (Wildman–Crippen MR) is 72.7 cm³/mol. The number of carbonyl (C=O) groups excluding carboxylic acids is 2. The number of carbonyl (C=O) groups is 2. The number of nitrogens with zero attached hydrogens (tertiary/aromatic N) is 1. The van der Waals surface area contributed by atoms with Crippen LogP contribution in [0.15, 0.2) is 17.5 Å². The lowest BCUT2D eigenvalue weighted by atomic mass is 9.97. The second kappa shape index (κ2) is 6.68. The van der Waals surface area contributed by atoms with Crippen LogP contribution in [0.3, 0.4) is 0 Å². The molecule has 5 nitrogen and oxygen atoms in total. The monoisotopic (exact) mass is 282 g/mol. The SMILES string of the molecule is CCONC(=O)C1CCCN(C(=O)c2cccs2)C1. The van der Waals surface area contributed by atoms with Crippen molar-refractivity contribution >= 4 is 23.2 Å². The number of piperidine rings is 1. The van der Waals surface area contributed by atoms with E-state index in [2.05, 4.69) is 5.48 Å². The maximum Gasteiger partial charge on any atom is 0.263 e. The molecular weight excluding hydrogens is 264 g/mol. The van der Waals surface area contributed by atoms with Crippen molar-refractivity contribution in [1.29, 1.82) is 0 Å². The molecule has 2 heterocycles. The molecule has 6 heteroatoms. The van der Waals surface area contributed by atoms with Crippen molar-refractivity contribution in [3.05, 3.63) is 22.4 Å². The van der Waals surface area contributed by atoms with E-state index in [1.807, 2.05) is 24.4 Å². The van der Waals surface area contributed by atoms with E-state index in [9.17, 15) is 9.59 Å². The lowest BCUT2D eigenvalue weighted by molar-refractivity contribution is -0.138. The summed E-state index contributed by atoms with van der Waals surface area (Å²) in [5.74, 6) is -0.293. The quantitative estimate of drug-likeness (QED) is 0.855. The summed E-state index contributed by atoms with van der Waals surface area (Å²) in [5.41, 5.74) is 2.42. The van der Waals surface area contributed by atoms with Gasteiger partial charge in [0.2, 0.25) is 5.91 Å². The Morgan fingerprint density at radius 3 is 3.11 bits per heavy atom. The Hall–Kier alpha value is -1.40. The molecule has 0 aromatic carbocycles. The molecule has 1 unspecified atom stereocenters. The number of hydrogen-bond donors (Lipinski definition) is 1. The molecule has 1 N–H and O–H groups in total. The highest BCUT2D eigenvalue weighted by molar-refractivity contribution is 7.12. The lowest BCUT2D eigenvalue weighted by Crippen LogP contribution is -2.45. The van der Waals surface area contributed by atoms with Crippen LogP contribution in [0.5, 0.6) is 0 Å². The fourth-order valence-corrected chi connectivity index (χ4v) is 2.85. The van der Waals surface area contributed by atoms with Crippen molar-refractivity contribution in [2.75, 3.05) is 19.7 Å². The summed E-state index contributed by atoms with van der Waals surface area (Å²) >= 11 is 1.43. The topological polar surface area (TPSA) is 58.6 Å². The van der Waals surface area contributed by atoms with Gasteiger partial charge < -0.3 is 4.90 Å². The molecule has 2 rings (SSSR count). The zero-order valence-corrected chi connectivity index (χ0v) is 11.7. The third kappa shape index (κ3) is 3.54. The first-order chi connectivity index (χ1) is 9.22. The highest BCUT2D eigenvalue weighted by Crippen LogP contribution is 2.20. The Kier molecular flexibility index (Phi) is 4.93. The summed E-state index contributed by atoms with van der Waals surface area (Å²) in [7, 11) is 0. The van der Waals surface area contributed by atoms with Crippen molar-refractivity contribution in [3.63, 3.8) is 0 Å². The minimum Gasteiger partial charge on any atom is -0.337 e. The molecule has 1 fully saturated rings. The van der Waals surface area contributed by atoms with Crippen molar-refractivity contribution in [2.45, 2.75) is 19.8 Å². The van der Waals surface area contributed by atoms with Gasteiger partial charge in [0.1, 0.15) is 0 Å². The van der Waals surface area contributed by atoms with Gasteiger partial charge >= 0.3 is 0 Å². The molecule has 1 atom stereocenters. The van der Waals surface area contributed by atoms with Gasteiger partial charge in [-0.2, -0.15) is 0 Å². The smallest absolute Gasteiger partial charge is 0.263 e. The first kappa shape index (κ1) is 14.0. The molecule has 0 saturated carbocycles. The van der Waals surface area contributed by atoms with Gasteiger partial charge in [0.25, 0.3) is 5.91 Å². The number of nitrogens with one attached hydrogen (secondary N) is 1. The molecule has 1 aromatic heterocycles. The van der Waals surface area contributed by atoms with E-state index in [4.69, 9.17) is 4.84 Å². The Morgan fingerprint density at radius 2 is 2.42 bits per heavy atom. The largest absolute Gasteiger partial charge is 0.337 e. The highest BCUT2D eigenvalue weighted by atomic mass is 32.1. The van der Waals surface area contributed by atoms with Crippen LogP contribution < -0.4 is 5.48 Å². The molecule has 1 saturated heterocycles. The van der Waals surface area contributed by atoms with Crippen LogP contribution in [0.4, 0.5) is 0 Å². The number of amides is 2. The fourth-order valence-electron chi connectivity index (χ4n) is 2.16. The Morgan fingerprint density at radius 1 is 1.58 bits per heavy atom. The van der Waals surface area contributed by atoms with Crippen molar-refractivity contribution < 1.29 is 14.4 Å². The molecule has 1 aliphatic rings. The van der Waals surface area contributed by atoms with Crippen LogP contribution >= 0.6 is 11.3 Å². The maximum atomic E-state index is 12.2. The first-order valence-corrected chi connectivity index (χ1v) is 7.34. The molecule has 104 valence electrons. The number of thiophene rings is 1. The molecule has 2 amide bonds. The number of rotatable bonds is 4. The number of hydroxylamine groups is 1. The van der Waals surface area contributed by atoms with Gasteiger partial charge in [-0.05, 0) is 31.2 Å². The minimum absolute atomic E-state index is 0.0175. The van der Waals surface area contributed by atoms with Crippen molar-refractivity contribution in [3.8, 4) is 0 Å². The summed E-state index contributed by atoms with van der Waals surface area (Å²) in [5, 5.41) is 1.89. The Bertz CT molecular complexity index is 433. The van der Waals surface area contributed by atoms with Crippen LogP contribution in [-0.2, 0) is 9.63 Å². The van der Waals surface area contributed by atoms with E-state index in [0.29, 0.717) is 13.2 Å². The molecule has 0 bridgehead atoms. The zero-order chi connectivity index (χ0) is 13.7. The second-order valence-corrected chi connectivity index (χ2v) is 5.41. The van der Waals surface area contributed by atoms with E-state index >= 15 is 0 Å². The molecule has 19 heavy (non-hydrogen) atoms. The van der Waals surface area contributed by atoms with Crippen LogP contribution in [0.1, 0.15) is 29.4 Å². The van der Waals surface area contributed by atoms with Crippen molar-refractivity contribution in [1.82, 2.24) is 10.4 Å². The molecule has 0 spiro atoms. The van der Waals surface area contributed by atoms with Crippen LogP contribution in [0.25, 0.3) is 0 Å². The average molecular weight is 282 g/mol. The number of likely N-dealkylation sites (tertiary alicyclic amines) is 1. The van der Waals surface area contributed by atoms with Gasteiger partial charge in [0.05, 0.1) is 17.4 Å². The normalized spacial score (nSPS) is 19.2. The van der Waals surface area contributed by atoms with Gasteiger partial charge in [0, 0.05) is 13.1 Å². The average Bonchev–Trinajstić information content (AvgIpc) is 2.98. The van der Waals surface area contributed by atoms with Crippen LogP contribution in [0, 0.1) is 5.92 Å². The van der Waals surface area contributed by atoms with E-state index in [0.717, 1.165) is 24.3 Å². The van der Waals surface area contributed by atoms with Crippen LogP contribution in [0.2, 0.25) is 0 Å². The van der Waals surface area contributed by atoms with Gasteiger partial charge in [-0.1, -0.05) is 6.07 Å². The van der Waals surface area contributed by atoms with E-state index < -0.39 is 0 Å². The van der Waals surface area contributed by atoms with E-state index in [1.165, 1.54) is 11.3 Å². The van der Waals surface area contributed by atoms with Gasteiger partial charge in [-0.25, -0.2) is 5.48 Å². The van der Waals surface area contributed by atoms with Crippen LogP contribution in [-0.4, -0.2) is 36.4 Å². The highest BCUT2D eigenvalue weighted by Gasteiger charge is 2.29. The standard InChI is InChI=1S/C13H18N2O3S/c1-2-18-14-12(16)10-5-3-7-15(9-10)13(17)11-6-4-8-19-11/h4,6,8,10H,2-3,5,7,9H2,1H3,(H,14,16). The van der Waals surface area contributed by atoms with Gasteiger partial charge in [-0.3, -0.25) is 14.4 Å². The van der Waals surface area contributed by atoms with E-state index in [-0.39, 0.29) is 17.7 Å². The molecule has 1 aliphatic heterocycles. The first-order valence-electron chi connectivity index (χ1n) is 6.46. The summed E-state index contributed by atoms with van der Waals surface area (Å²) in [4.78, 5) is 31.5. The zero-order valence-electron chi connectivity index (χ0n) is 10.9. The molecular formula is C13H18N2O3S. The van der Waals surface area contributed by atoms with Crippen molar-refractivity contribution in [2.24, 2.45) is 5.92 Å².